The Morgan fingerprint density at radius 3 is 2.67 bits per heavy atom. The van der Waals surface area contributed by atoms with Crippen molar-refractivity contribution >= 4 is 0 Å². The molecule has 2 saturated heterocycles. The zero-order chi connectivity index (χ0) is 13.2. The van der Waals surface area contributed by atoms with Crippen molar-refractivity contribution in [2.75, 3.05) is 19.6 Å². The van der Waals surface area contributed by atoms with Crippen LogP contribution in [-0.4, -0.2) is 48.3 Å². The van der Waals surface area contributed by atoms with Gasteiger partial charge in [-0.3, -0.25) is 4.90 Å². The predicted molar refractivity (Wildman–Crippen MR) is 75.9 cm³/mol. The van der Waals surface area contributed by atoms with Gasteiger partial charge in [-0.15, -0.1) is 0 Å². The minimum absolute atomic E-state index is 0.306. The summed E-state index contributed by atoms with van der Waals surface area (Å²) in [6.07, 6.45) is 5.82. The Labute approximate surface area is 112 Å². The second-order valence-electron chi connectivity index (χ2n) is 6.39. The van der Waals surface area contributed by atoms with E-state index in [2.05, 4.69) is 37.9 Å². The van der Waals surface area contributed by atoms with Crippen LogP contribution in [0.2, 0.25) is 0 Å². The minimum Gasteiger partial charge on any atom is -0.374 e. The van der Waals surface area contributed by atoms with Crippen molar-refractivity contribution in [2.45, 2.75) is 77.2 Å². The van der Waals surface area contributed by atoms with Crippen molar-refractivity contribution in [1.29, 1.82) is 0 Å². The molecular formula is C15H30N2O. The van der Waals surface area contributed by atoms with Crippen molar-refractivity contribution in [2.24, 2.45) is 0 Å². The number of hydrogen-bond acceptors (Lipinski definition) is 3. The lowest BCUT2D eigenvalue weighted by Crippen LogP contribution is -2.64. The van der Waals surface area contributed by atoms with E-state index in [0.717, 1.165) is 13.1 Å². The fourth-order valence-corrected chi connectivity index (χ4v) is 3.21. The predicted octanol–water partition coefficient (Wildman–Crippen LogP) is 2.41. The molecule has 2 rings (SSSR count). The van der Waals surface area contributed by atoms with Crippen LogP contribution in [0, 0.1) is 0 Å². The summed E-state index contributed by atoms with van der Waals surface area (Å²) in [5.41, 5.74) is 0.306. The molecule has 0 bridgehead atoms. The summed E-state index contributed by atoms with van der Waals surface area (Å²) in [4.78, 5) is 2.68. The van der Waals surface area contributed by atoms with Crippen LogP contribution in [0.5, 0.6) is 0 Å². The third-order valence-corrected chi connectivity index (χ3v) is 4.97. The molecule has 2 heterocycles. The highest BCUT2D eigenvalue weighted by molar-refractivity contribution is 4.96. The second kappa shape index (κ2) is 5.89. The van der Waals surface area contributed by atoms with E-state index in [1.807, 2.05) is 0 Å². The number of nitrogens with one attached hydrogen (secondary N) is 1. The van der Waals surface area contributed by atoms with Gasteiger partial charge >= 0.3 is 0 Å². The first-order valence-corrected chi connectivity index (χ1v) is 7.71. The zero-order valence-electron chi connectivity index (χ0n) is 12.5. The van der Waals surface area contributed by atoms with E-state index in [0.29, 0.717) is 23.8 Å². The summed E-state index contributed by atoms with van der Waals surface area (Å²) >= 11 is 0. The highest BCUT2D eigenvalue weighted by Crippen LogP contribution is 2.27. The van der Waals surface area contributed by atoms with Gasteiger partial charge in [0.25, 0.3) is 0 Å². The van der Waals surface area contributed by atoms with Crippen molar-refractivity contribution < 1.29 is 4.74 Å². The van der Waals surface area contributed by atoms with Crippen molar-refractivity contribution in [1.82, 2.24) is 10.2 Å². The maximum Gasteiger partial charge on any atom is 0.0706 e. The lowest BCUT2D eigenvalue weighted by molar-refractivity contribution is -0.0188. The summed E-state index contributed by atoms with van der Waals surface area (Å²) in [7, 11) is 0. The maximum atomic E-state index is 6.01. The summed E-state index contributed by atoms with van der Waals surface area (Å²) in [5.74, 6) is 0. The van der Waals surface area contributed by atoms with Crippen LogP contribution in [0.15, 0.2) is 0 Å². The van der Waals surface area contributed by atoms with E-state index < -0.39 is 0 Å². The lowest BCUT2D eigenvalue weighted by atomic mass is 9.91. The Hall–Kier alpha value is -0.120. The molecular weight excluding hydrogens is 224 g/mol. The van der Waals surface area contributed by atoms with Crippen LogP contribution in [0.1, 0.15) is 53.4 Å². The van der Waals surface area contributed by atoms with Gasteiger partial charge in [-0.05, 0) is 39.5 Å². The molecule has 3 nitrogen and oxygen atoms in total. The van der Waals surface area contributed by atoms with Gasteiger partial charge in [-0.1, -0.05) is 13.8 Å². The number of piperazine rings is 1. The quantitative estimate of drug-likeness (QED) is 0.834. The molecule has 1 N–H and O–H groups in total. The number of rotatable bonds is 4. The molecule has 2 fully saturated rings. The number of ether oxygens (including phenoxy) is 1. The summed E-state index contributed by atoms with van der Waals surface area (Å²) in [6, 6.07) is 0.656. The summed E-state index contributed by atoms with van der Waals surface area (Å²) < 4.78 is 6.01. The Morgan fingerprint density at radius 1 is 1.33 bits per heavy atom. The van der Waals surface area contributed by atoms with Gasteiger partial charge in [0.05, 0.1) is 12.2 Å². The van der Waals surface area contributed by atoms with Crippen LogP contribution < -0.4 is 5.32 Å². The average molecular weight is 254 g/mol. The molecule has 2 aliphatic rings. The molecule has 0 saturated carbocycles. The van der Waals surface area contributed by atoms with E-state index >= 15 is 0 Å². The molecule has 2 aliphatic heterocycles. The number of nitrogens with zero attached hydrogens (tertiary/aromatic N) is 1. The second-order valence-corrected chi connectivity index (χ2v) is 6.39. The molecule has 4 unspecified atom stereocenters. The molecule has 4 atom stereocenters. The fourth-order valence-electron chi connectivity index (χ4n) is 3.21. The monoisotopic (exact) mass is 254 g/mol. The van der Waals surface area contributed by atoms with E-state index in [4.69, 9.17) is 4.74 Å². The van der Waals surface area contributed by atoms with Gasteiger partial charge < -0.3 is 10.1 Å². The molecule has 0 amide bonds. The molecule has 3 heteroatoms. The number of hydrogen-bond donors (Lipinski definition) is 1. The van der Waals surface area contributed by atoms with Crippen LogP contribution in [0.3, 0.4) is 0 Å². The van der Waals surface area contributed by atoms with Crippen molar-refractivity contribution in [3.8, 4) is 0 Å². The van der Waals surface area contributed by atoms with Crippen LogP contribution in [0.25, 0.3) is 0 Å². The van der Waals surface area contributed by atoms with Crippen LogP contribution in [-0.2, 0) is 4.74 Å². The van der Waals surface area contributed by atoms with Gasteiger partial charge in [0.1, 0.15) is 0 Å². The Bertz CT molecular complexity index is 271. The minimum atomic E-state index is 0.306. The Morgan fingerprint density at radius 2 is 2.11 bits per heavy atom. The maximum absolute atomic E-state index is 6.01. The SMILES string of the molecule is CCC1CN(CC2CCC(C)O2)C(C)(CC)CN1. The smallest absolute Gasteiger partial charge is 0.0706 e. The third-order valence-electron chi connectivity index (χ3n) is 4.97. The molecule has 18 heavy (non-hydrogen) atoms. The molecule has 0 aromatic heterocycles. The first-order chi connectivity index (χ1) is 8.57. The molecule has 0 aromatic carbocycles. The van der Waals surface area contributed by atoms with Gasteiger partial charge in [0.2, 0.25) is 0 Å². The van der Waals surface area contributed by atoms with E-state index in [1.54, 1.807) is 0 Å². The highest BCUT2D eigenvalue weighted by Gasteiger charge is 2.38. The molecule has 0 aliphatic carbocycles. The zero-order valence-corrected chi connectivity index (χ0v) is 12.5. The van der Waals surface area contributed by atoms with Gasteiger partial charge in [0, 0.05) is 31.2 Å². The summed E-state index contributed by atoms with van der Waals surface area (Å²) in [5, 5.41) is 3.69. The molecule has 0 spiro atoms. The molecule has 0 aromatic rings. The van der Waals surface area contributed by atoms with Crippen LogP contribution >= 0.6 is 0 Å². The molecule has 0 radical (unpaired) electrons. The molecule has 106 valence electrons. The van der Waals surface area contributed by atoms with E-state index in [-0.39, 0.29) is 0 Å². The highest BCUT2D eigenvalue weighted by atomic mass is 16.5. The third kappa shape index (κ3) is 3.06. The Kier molecular flexibility index (Phi) is 4.68. The van der Waals surface area contributed by atoms with Crippen molar-refractivity contribution in [3.63, 3.8) is 0 Å². The first kappa shape index (κ1) is 14.3. The lowest BCUT2D eigenvalue weighted by Gasteiger charge is -2.48. The standard InChI is InChI=1S/C15H30N2O/c1-5-13-9-17(15(4,6-2)11-16-13)10-14-8-7-12(3)18-14/h12-14,16H,5-11H2,1-4H3. The van der Waals surface area contributed by atoms with Gasteiger partial charge in [-0.25, -0.2) is 0 Å². The van der Waals surface area contributed by atoms with Gasteiger partial charge in [0.15, 0.2) is 0 Å². The first-order valence-electron chi connectivity index (χ1n) is 7.71. The average Bonchev–Trinajstić information content (AvgIpc) is 2.78. The van der Waals surface area contributed by atoms with E-state index in [1.165, 1.54) is 32.2 Å². The largest absolute Gasteiger partial charge is 0.374 e. The summed E-state index contributed by atoms with van der Waals surface area (Å²) in [6.45, 7) is 12.6. The fraction of sp³-hybridized carbons (Fsp3) is 1.00. The van der Waals surface area contributed by atoms with Crippen LogP contribution in [0.4, 0.5) is 0 Å². The van der Waals surface area contributed by atoms with Gasteiger partial charge in [-0.2, -0.15) is 0 Å². The normalized spacial score (nSPS) is 42.3. The van der Waals surface area contributed by atoms with E-state index in [9.17, 15) is 0 Å². The Balaban J connectivity index is 1.96. The van der Waals surface area contributed by atoms with Crippen molar-refractivity contribution in [3.05, 3.63) is 0 Å². The topological polar surface area (TPSA) is 24.5 Å².